The van der Waals surface area contributed by atoms with E-state index >= 15 is 0 Å². The van der Waals surface area contributed by atoms with Gasteiger partial charge in [0.05, 0.1) is 14.2 Å². The van der Waals surface area contributed by atoms with Crippen LogP contribution in [0.15, 0.2) is 77.3 Å². The van der Waals surface area contributed by atoms with E-state index in [0.717, 1.165) is 37.8 Å². The SMILES string of the molecule is COC(=O)c1c(Cc2ccc(OC)cc2Br)c2ccccc2n1Cc1ccccc1. The molecular weight excluding hydrogens is 442 g/mol. The minimum Gasteiger partial charge on any atom is -0.497 e. The van der Waals surface area contributed by atoms with E-state index < -0.39 is 0 Å². The van der Waals surface area contributed by atoms with Crippen LogP contribution in [0, 0.1) is 0 Å². The minimum atomic E-state index is -0.332. The highest BCUT2D eigenvalue weighted by Gasteiger charge is 2.24. The molecule has 4 nitrogen and oxygen atoms in total. The first-order valence-electron chi connectivity index (χ1n) is 9.67. The van der Waals surface area contributed by atoms with Gasteiger partial charge in [0.1, 0.15) is 11.4 Å². The number of hydrogen-bond donors (Lipinski definition) is 0. The lowest BCUT2D eigenvalue weighted by atomic mass is 10.0. The molecule has 5 heteroatoms. The Bertz CT molecular complexity index is 1200. The molecule has 0 saturated carbocycles. The van der Waals surface area contributed by atoms with E-state index in [1.165, 1.54) is 7.11 Å². The first kappa shape index (κ1) is 20.2. The zero-order chi connectivity index (χ0) is 21.1. The van der Waals surface area contributed by atoms with Gasteiger partial charge in [-0.3, -0.25) is 0 Å². The van der Waals surface area contributed by atoms with Crippen molar-refractivity contribution in [2.24, 2.45) is 0 Å². The molecule has 1 heterocycles. The number of benzene rings is 3. The number of methoxy groups -OCH3 is 2. The Morgan fingerprint density at radius 2 is 1.70 bits per heavy atom. The van der Waals surface area contributed by atoms with E-state index in [4.69, 9.17) is 9.47 Å². The molecule has 0 bridgehead atoms. The zero-order valence-electron chi connectivity index (χ0n) is 16.9. The Kier molecular flexibility index (Phi) is 5.91. The maximum atomic E-state index is 12.9. The highest BCUT2D eigenvalue weighted by atomic mass is 79.9. The Balaban J connectivity index is 1.89. The third-order valence-electron chi connectivity index (χ3n) is 5.27. The molecular formula is C25H22BrNO3. The van der Waals surface area contributed by atoms with Crippen LogP contribution in [0.25, 0.3) is 10.9 Å². The van der Waals surface area contributed by atoms with Crippen LogP contribution >= 0.6 is 15.9 Å². The molecule has 1 aromatic heterocycles. The molecule has 0 radical (unpaired) electrons. The predicted molar refractivity (Wildman–Crippen MR) is 122 cm³/mol. The summed E-state index contributed by atoms with van der Waals surface area (Å²) in [6.45, 7) is 0.593. The second-order valence-electron chi connectivity index (χ2n) is 7.04. The summed E-state index contributed by atoms with van der Waals surface area (Å²) in [4.78, 5) is 12.9. The van der Waals surface area contributed by atoms with Gasteiger partial charge in [-0.05, 0) is 34.9 Å². The van der Waals surface area contributed by atoms with Crippen LogP contribution in [0.4, 0.5) is 0 Å². The molecule has 0 aliphatic rings. The third kappa shape index (κ3) is 3.85. The Morgan fingerprint density at radius 3 is 2.40 bits per heavy atom. The first-order valence-corrected chi connectivity index (χ1v) is 10.5. The van der Waals surface area contributed by atoms with Crippen LogP contribution in [0.2, 0.25) is 0 Å². The van der Waals surface area contributed by atoms with Crippen LogP contribution in [-0.2, 0) is 17.7 Å². The molecule has 0 fully saturated rings. The number of hydrogen-bond acceptors (Lipinski definition) is 3. The molecule has 152 valence electrons. The van der Waals surface area contributed by atoms with E-state index in [-0.39, 0.29) is 5.97 Å². The van der Waals surface area contributed by atoms with E-state index in [0.29, 0.717) is 18.7 Å². The topological polar surface area (TPSA) is 40.5 Å². The first-order chi connectivity index (χ1) is 14.6. The smallest absolute Gasteiger partial charge is 0.355 e. The van der Waals surface area contributed by atoms with Crippen LogP contribution in [0.3, 0.4) is 0 Å². The van der Waals surface area contributed by atoms with E-state index in [1.807, 2.05) is 48.5 Å². The third-order valence-corrected chi connectivity index (χ3v) is 6.00. The summed E-state index contributed by atoms with van der Waals surface area (Å²) in [7, 11) is 3.08. The maximum absolute atomic E-state index is 12.9. The molecule has 0 aliphatic heterocycles. The van der Waals surface area contributed by atoms with Crippen LogP contribution in [0.5, 0.6) is 5.75 Å². The highest BCUT2D eigenvalue weighted by molar-refractivity contribution is 9.10. The Hall–Kier alpha value is -3.05. The molecule has 4 rings (SSSR count). The maximum Gasteiger partial charge on any atom is 0.355 e. The van der Waals surface area contributed by atoms with Crippen molar-refractivity contribution in [1.82, 2.24) is 4.57 Å². The molecule has 3 aromatic carbocycles. The number of nitrogens with zero attached hydrogens (tertiary/aromatic N) is 1. The van der Waals surface area contributed by atoms with Gasteiger partial charge in [-0.15, -0.1) is 0 Å². The lowest BCUT2D eigenvalue weighted by Gasteiger charge is -2.12. The fraction of sp³-hybridized carbons (Fsp3) is 0.160. The second kappa shape index (κ2) is 8.76. The number of carbonyl (C=O) groups excluding carboxylic acids is 1. The van der Waals surface area contributed by atoms with Gasteiger partial charge in [-0.1, -0.05) is 70.5 Å². The van der Waals surface area contributed by atoms with Crippen molar-refractivity contribution in [3.05, 3.63) is 99.7 Å². The summed E-state index contributed by atoms with van der Waals surface area (Å²) in [6.07, 6.45) is 0.595. The molecule has 0 spiro atoms. The van der Waals surface area contributed by atoms with Crippen LogP contribution < -0.4 is 4.74 Å². The van der Waals surface area contributed by atoms with E-state index in [9.17, 15) is 4.79 Å². The second-order valence-corrected chi connectivity index (χ2v) is 7.90. The van der Waals surface area contributed by atoms with Gasteiger partial charge in [0.15, 0.2) is 0 Å². The average molecular weight is 464 g/mol. The number of para-hydroxylation sites is 1. The minimum absolute atomic E-state index is 0.332. The van der Waals surface area contributed by atoms with Gasteiger partial charge in [0.2, 0.25) is 0 Å². The van der Waals surface area contributed by atoms with Crippen molar-refractivity contribution < 1.29 is 14.3 Å². The fourth-order valence-corrected chi connectivity index (χ4v) is 4.30. The summed E-state index contributed by atoms with van der Waals surface area (Å²) < 4.78 is 13.5. The van der Waals surface area contributed by atoms with Crippen molar-refractivity contribution >= 4 is 32.8 Å². The van der Waals surface area contributed by atoms with Gasteiger partial charge < -0.3 is 14.0 Å². The molecule has 30 heavy (non-hydrogen) atoms. The largest absolute Gasteiger partial charge is 0.497 e. The summed E-state index contributed by atoms with van der Waals surface area (Å²) >= 11 is 3.65. The number of aromatic nitrogens is 1. The molecule has 0 saturated heterocycles. The van der Waals surface area contributed by atoms with Crippen molar-refractivity contribution in [2.75, 3.05) is 14.2 Å². The lowest BCUT2D eigenvalue weighted by molar-refractivity contribution is 0.0588. The van der Waals surface area contributed by atoms with E-state index in [1.54, 1.807) is 7.11 Å². The van der Waals surface area contributed by atoms with Gasteiger partial charge in [0.25, 0.3) is 0 Å². The average Bonchev–Trinajstić information content (AvgIpc) is 3.08. The van der Waals surface area contributed by atoms with E-state index in [2.05, 4.69) is 44.8 Å². The Labute approximate surface area is 184 Å². The normalized spacial score (nSPS) is 10.9. The van der Waals surface area contributed by atoms with Crippen molar-refractivity contribution in [3.8, 4) is 5.75 Å². The van der Waals surface area contributed by atoms with Crippen LogP contribution in [-0.4, -0.2) is 24.8 Å². The lowest BCUT2D eigenvalue weighted by Crippen LogP contribution is -2.14. The standard InChI is InChI=1S/C25H22BrNO3/c1-29-19-13-12-18(22(26)15-19)14-21-20-10-6-7-11-23(20)27(24(21)25(28)30-2)16-17-8-4-3-5-9-17/h3-13,15H,14,16H2,1-2H3. The molecule has 0 unspecified atom stereocenters. The predicted octanol–water partition coefficient (Wildman–Crippen LogP) is 5.84. The van der Waals surface area contributed by atoms with Crippen molar-refractivity contribution in [3.63, 3.8) is 0 Å². The number of rotatable bonds is 6. The zero-order valence-corrected chi connectivity index (χ0v) is 18.5. The van der Waals surface area contributed by atoms with Crippen molar-refractivity contribution in [1.29, 1.82) is 0 Å². The van der Waals surface area contributed by atoms with Crippen LogP contribution in [0.1, 0.15) is 27.2 Å². The number of ether oxygens (including phenoxy) is 2. The monoisotopic (exact) mass is 463 g/mol. The molecule has 0 aliphatic carbocycles. The number of halogens is 1. The highest BCUT2D eigenvalue weighted by Crippen LogP contribution is 2.32. The number of carbonyl (C=O) groups is 1. The van der Waals surface area contributed by atoms with Gasteiger partial charge >= 0.3 is 5.97 Å². The summed E-state index contributed by atoms with van der Waals surface area (Å²) in [5, 5.41) is 1.05. The van der Waals surface area contributed by atoms with Gasteiger partial charge in [0, 0.05) is 28.3 Å². The summed E-state index contributed by atoms with van der Waals surface area (Å²) in [6, 6.07) is 24.2. The summed E-state index contributed by atoms with van der Waals surface area (Å²) in [5.41, 5.74) is 4.76. The molecule has 0 N–H and O–H groups in total. The molecule has 0 amide bonds. The van der Waals surface area contributed by atoms with Crippen molar-refractivity contribution in [2.45, 2.75) is 13.0 Å². The number of fused-ring (bicyclic) bond motifs is 1. The fourth-order valence-electron chi connectivity index (χ4n) is 3.80. The summed E-state index contributed by atoms with van der Waals surface area (Å²) in [5.74, 6) is 0.451. The number of esters is 1. The molecule has 4 aromatic rings. The quantitative estimate of drug-likeness (QED) is 0.337. The van der Waals surface area contributed by atoms with Gasteiger partial charge in [-0.2, -0.15) is 0 Å². The molecule has 0 atom stereocenters. The Morgan fingerprint density at radius 1 is 0.967 bits per heavy atom. The van der Waals surface area contributed by atoms with Gasteiger partial charge in [-0.25, -0.2) is 4.79 Å².